The zero-order chi connectivity index (χ0) is 17.6. The van der Waals surface area contributed by atoms with E-state index in [2.05, 4.69) is 20.5 Å². The van der Waals surface area contributed by atoms with Gasteiger partial charge in [0.25, 0.3) is 5.91 Å². The first kappa shape index (κ1) is 17.0. The fraction of sp³-hybridized carbons (Fsp3) is 0.316. The van der Waals surface area contributed by atoms with E-state index < -0.39 is 0 Å². The number of nitrogens with one attached hydrogen (secondary N) is 2. The van der Waals surface area contributed by atoms with Crippen LogP contribution in [0.1, 0.15) is 28.8 Å². The van der Waals surface area contributed by atoms with E-state index in [0.29, 0.717) is 11.3 Å². The Morgan fingerprint density at radius 1 is 1.12 bits per heavy atom. The second-order valence-electron chi connectivity index (χ2n) is 6.15. The van der Waals surface area contributed by atoms with Crippen molar-refractivity contribution in [1.82, 2.24) is 10.3 Å². The van der Waals surface area contributed by atoms with Crippen LogP contribution in [0.25, 0.3) is 0 Å². The summed E-state index contributed by atoms with van der Waals surface area (Å²) in [7, 11) is 0. The Bertz CT molecular complexity index is 752. The molecule has 2 N–H and O–H groups in total. The molecule has 1 aliphatic heterocycles. The van der Waals surface area contributed by atoms with Gasteiger partial charge in [0, 0.05) is 18.7 Å². The molecule has 0 saturated carbocycles. The van der Waals surface area contributed by atoms with Gasteiger partial charge < -0.3 is 15.5 Å². The van der Waals surface area contributed by atoms with E-state index in [1.54, 1.807) is 18.3 Å². The van der Waals surface area contributed by atoms with Crippen molar-refractivity contribution in [2.24, 2.45) is 0 Å². The molecule has 0 radical (unpaired) electrons. The molecule has 2 heterocycles. The highest BCUT2D eigenvalue weighted by molar-refractivity contribution is 6.00. The van der Waals surface area contributed by atoms with Crippen molar-refractivity contribution >= 4 is 23.3 Å². The Labute approximate surface area is 147 Å². The summed E-state index contributed by atoms with van der Waals surface area (Å²) in [6.45, 7) is 3.84. The lowest BCUT2D eigenvalue weighted by Crippen LogP contribution is -2.33. The minimum Gasteiger partial charge on any atom is -0.357 e. The Morgan fingerprint density at radius 3 is 2.56 bits per heavy atom. The Balaban J connectivity index is 1.50. The predicted molar refractivity (Wildman–Crippen MR) is 97.8 cm³/mol. The number of anilines is 2. The number of carbonyl (C=O) groups is 2. The summed E-state index contributed by atoms with van der Waals surface area (Å²) in [6, 6.07) is 11.0. The quantitative estimate of drug-likeness (QED) is 0.878. The van der Waals surface area contributed by atoms with Crippen LogP contribution in [0.5, 0.6) is 0 Å². The van der Waals surface area contributed by atoms with Crippen molar-refractivity contribution < 1.29 is 9.59 Å². The van der Waals surface area contributed by atoms with E-state index in [4.69, 9.17) is 0 Å². The zero-order valence-corrected chi connectivity index (χ0v) is 14.3. The van der Waals surface area contributed by atoms with Gasteiger partial charge in [0.1, 0.15) is 5.82 Å². The van der Waals surface area contributed by atoms with Crippen LogP contribution < -0.4 is 15.5 Å². The van der Waals surface area contributed by atoms with E-state index >= 15 is 0 Å². The Hall–Kier alpha value is -2.89. The molecule has 0 unspecified atom stereocenters. The van der Waals surface area contributed by atoms with E-state index in [1.807, 2.05) is 31.2 Å². The number of hydrogen-bond donors (Lipinski definition) is 2. The van der Waals surface area contributed by atoms with E-state index in [0.717, 1.165) is 24.5 Å². The summed E-state index contributed by atoms with van der Waals surface area (Å²) in [6.07, 6.45) is 4.04. The molecule has 0 bridgehead atoms. The fourth-order valence-electron chi connectivity index (χ4n) is 2.88. The number of hydrogen-bond acceptors (Lipinski definition) is 4. The smallest absolute Gasteiger partial charge is 0.251 e. The third-order valence-electron chi connectivity index (χ3n) is 4.26. The van der Waals surface area contributed by atoms with Gasteiger partial charge in [-0.25, -0.2) is 4.98 Å². The summed E-state index contributed by atoms with van der Waals surface area (Å²) in [4.78, 5) is 30.7. The maximum atomic E-state index is 12.1. The van der Waals surface area contributed by atoms with Gasteiger partial charge in [-0.05, 0) is 43.5 Å². The predicted octanol–water partition coefficient (Wildman–Crippen LogP) is 2.36. The third-order valence-corrected chi connectivity index (χ3v) is 4.26. The highest BCUT2D eigenvalue weighted by Gasteiger charge is 2.14. The van der Waals surface area contributed by atoms with E-state index in [1.165, 1.54) is 12.8 Å². The first-order valence-corrected chi connectivity index (χ1v) is 8.48. The van der Waals surface area contributed by atoms with Gasteiger partial charge in [-0.2, -0.15) is 0 Å². The standard InChI is InChI=1S/C19H22N4O2/c1-14-6-2-3-7-16(14)19(25)21-13-18(24)22-15-8-9-17(20-12-15)23-10-4-5-11-23/h2-3,6-9,12H,4-5,10-11,13H2,1H3,(H,21,25)(H,22,24). The van der Waals surface area contributed by atoms with Crippen LogP contribution in [0.15, 0.2) is 42.6 Å². The van der Waals surface area contributed by atoms with Gasteiger partial charge in [0.15, 0.2) is 0 Å². The number of rotatable bonds is 5. The molecule has 1 saturated heterocycles. The number of aryl methyl sites for hydroxylation is 1. The number of benzene rings is 1. The molecule has 1 fully saturated rings. The van der Waals surface area contributed by atoms with Gasteiger partial charge in [-0.3, -0.25) is 9.59 Å². The average molecular weight is 338 g/mol. The molecule has 6 heteroatoms. The maximum Gasteiger partial charge on any atom is 0.251 e. The Kier molecular flexibility index (Phi) is 5.28. The van der Waals surface area contributed by atoms with Gasteiger partial charge >= 0.3 is 0 Å². The highest BCUT2D eigenvalue weighted by atomic mass is 16.2. The molecule has 25 heavy (non-hydrogen) atoms. The van der Waals surface area contributed by atoms with Crippen molar-refractivity contribution in [2.45, 2.75) is 19.8 Å². The van der Waals surface area contributed by atoms with Crippen molar-refractivity contribution in [1.29, 1.82) is 0 Å². The van der Waals surface area contributed by atoms with Gasteiger partial charge in [0.05, 0.1) is 18.4 Å². The zero-order valence-electron chi connectivity index (χ0n) is 14.3. The lowest BCUT2D eigenvalue weighted by atomic mass is 10.1. The number of nitrogens with zero attached hydrogens (tertiary/aromatic N) is 2. The minimum atomic E-state index is -0.280. The number of carbonyl (C=O) groups excluding carboxylic acids is 2. The number of aromatic nitrogens is 1. The van der Waals surface area contributed by atoms with Crippen molar-refractivity contribution in [3.8, 4) is 0 Å². The molecule has 1 aliphatic rings. The van der Waals surface area contributed by atoms with Crippen molar-refractivity contribution in [2.75, 3.05) is 29.9 Å². The first-order chi connectivity index (χ1) is 12.1. The summed E-state index contributed by atoms with van der Waals surface area (Å²) in [5, 5.41) is 5.38. The fourth-order valence-corrected chi connectivity index (χ4v) is 2.88. The molecule has 0 aliphatic carbocycles. The summed E-state index contributed by atoms with van der Waals surface area (Å²) in [5.41, 5.74) is 2.08. The second kappa shape index (κ2) is 7.79. The number of pyridine rings is 1. The average Bonchev–Trinajstić information content (AvgIpc) is 3.15. The summed E-state index contributed by atoms with van der Waals surface area (Å²) < 4.78 is 0. The molecule has 130 valence electrons. The van der Waals surface area contributed by atoms with E-state index in [-0.39, 0.29) is 18.4 Å². The third kappa shape index (κ3) is 4.35. The molecule has 2 aromatic rings. The SMILES string of the molecule is Cc1ccccc1C(=O)NCC(=O)Nc1ccc(N2CCCC2)nc1. The lowest BCUT2D eigenvalue weighted by molar-refractivity contribution is -0.115. The summed E-state index contributed by atoms with van der Waals surface area (Å²) >= 11 is 0. The topological polar surface area (TPSA) is 74.3 Å². The van der Waals surface area contributed by atoms with Gasteiger partial charge in [-0.1, -0.05) is 18.2 Å². The van der Waals surface area contributed by atoms with E-state index in [9.17, 15) is 9.59 Å². The number of amides is 2. The highest BCUT2D eigenvalue weighted by Crippen LogP contribution is 2.18. The van der Waals surface area contributed by atoms with Gasteiger partial charge in [0.2, 0.25) is 5.91 Å². The van der Waals surface area contributed by atoms with Crippen LogP contribution in [-0.4, -0.2) is 36.4 Å². The van der Waals surface area contributed by atoms with Crippen LogP contribution in [0.2, 0.25) is 0 Å². The normalized spacial score (nSPS) is 13.6. The summed E-state index contributed by atoms with van der Waals surface area (Å²) in [5.74, 6) is 0.400. The van der Waals surface area contributed by atoms with Gasteiger partial charge in [-0.15, -0.1) is 0 Å². The molecule has 2 amide bonds. The van der Waals surface area contributed by atoms with Crippen LogP contribution in [0.3, 0.4) is 0 Å². The molecular formula is C19H22N4O2. The largest absolute Gasteiger partial charge is 0.357 e. The van der Waals surface area contributed by atoms with Crippen LogP contribution in [-0.2, 0) is 4.79 Å². The molecule has 3 rings (SSSR count). The second-order valence-corrected chi connectivity index (χ2v) is 6.15. The molecule has 1 aromatic heterocycles. The lowest BCUT2D eigenvalue weighted by Gasteiger charge is -2.16. The van der Waals surface area contributed by atoms with Crippen LogP contribution >= 0.6 is 0 Å². The molecule has 0 spiro atoms. The van der Waals surface area contributed by atoms with Crippen molar-refractivity contribution in [3.63, 3.8) is 0 Å². The monoisotopic (exact) mass is 338 g/mol. The van der Waals surface area contributed by atoms with Crippen LogP contribution in [0.4, 0.5) is 11.5 Å². The van der Waals surface area contributed by atoms with Crippen molar-refractivity contribution in [3.05, 3.63) is 53.7 Å². The molecule has 0 atom stereocenters. The molecular weight excluding hydrogens is 316 g/mol. The van der Waals surface area contributed by atoms with Crippen LogP contribution in [0, 0.1) is 6.92 Å². The maximum absolute atomic E-state index is 12.1. The minimum absolute atomic E-state index is 0.0823. The molecule has 1 aromatic carbocycles. The first-order valence-electron chi connectivity index (χ1n) is 8.48. The molecule has 6 nitrogen and oxygen atoms in total. The Morgan fingerprint density at radius 2 is 1.88 bits per heavy atom.